The number of aromatic amines is 1. The van der Waals surface area contributed by atoms with E-state index in [1.165, 1.54) is 24.6 Å². The number of fused-ring (bicyclic) bond motifs is 1. The summed E-state index contributed by atoms with van der Waals surface area (Å²) in [5.74, 6) is 0.642. The molecule has 1 aliphatic heterocycles. The predicted octanol–water partition coefficient (Wildman–Crippen LogP) is 3.81. The average molecular weight is 449 g/mol. The van der Waals surface area contributed by atoms with Crippen LogP contribution in [-0.2, 0) is 9.47 Å². The SMILES string of the molecule is COC(O)C(C)CSc1nc2nc(-c3ccc(N4CCOCC4)cc3)c(Cl)cc2[nH]1. The zero-order valence-corrected chi connectivity index (χ0v) is 18.5. The van der Waals surface area contributed by atoms with Crippen molar-refractivity contribution in [1.82, 2.24) is 15.0 Å². The van der Waals surface area contributed by atoms with Crippen molar-refractivity contribution in [3.8, 4) is 11.3 Å². The number of aliphatic hydroxyl groups excluding tert-OH is 1. The van der Waals surface area contributed by atoms with Crippen LogP contribution >= 0.6 is 23.4 Å². The maximum Gasteiger partial charge on any atom is 0.179 e. The standard InChI is InChI=1S/C21H25ClN4O3S/c1-13(20(27)28-2)12-30-21-23-17-11-16(22)18(24-19(17)25-21)14-3-5-15(6-4-14)26-7-9-29-10-8-26/h3-6,11,13,20,27H,7-10,12H2,1-2H3,(H,23,24,25). The molecule has 1 fully saturated rings. The van der Waals surface area contributed by atoms with Gasteiger partial charge in [0, 0.05) is 43.1 Å². The van der Waals surface area contributed by atoms with Gasteiger partial charge in [0.05, 0.1) is 29.4 Å². The number of hydrogen-bond acceptors (Lipinski definition) is 7. The number of anilines is 1. The Labute approximate surface area is 184 Å². The molecule has 9 heteroatoms. The van der Waals surface area contributed by atoms with Crippen LogP contribution in [0.4, 0.5) is 5.69 Å². The van der Waals surface area contributed by atoms with Gasteiger partial charge in [-0.1, -0.05) is 42.4 Å². The summed E-state index contributed by atoms with van der Waals surface area (Å²) >= 11 is 8.05. The van der Waals surface area contributed by atoms with Gasteiger partial charge in [0.15, 0.2) is 17.1 Å². The number of rotatable bonds is 7. The molecule has 0 amide bonds. The number of ether oxygens (including phenoxy) is 2. The maximum absolute atomic E-state index is 9.74. The van der Waals surface area contributed by atoms with Crippen LogP contribution in [0.25, 0.3) is 22.4 Å². The lowest BCUT2D eigenvalue weighted by Gasteiger charge is -2.28. The molecule has 0 spiro atoms. The molecule has 1 aliphatic rings. The number of morpholine rings is 1. The second-order valence-electron chi connectivity index (χ2n) is 7.29. The summed E-state index contributed by atoms with van der Waals surface area (Å²) in [4.78, 5) is 14.8. The molecule has 1 saturated heterocycles. The van der Waals surface area contributed by atoms with Crippen LogP contribution < -0.4 is 4.90 Å². The maximum atomic E-state index is 9.74. The number of nitrogens with one attached hydrogen (secondary N) is 1. The largest absolute Gasteiger partial charge is 0.378 e. The summed E-state index contributed by atoms with van der Waals surface area (Å²) < 4.78 is 10.4. The number of aromatic nitrogens is 3. The van der Waals surface area contributed by atoms with E-state index in [2.05, 4.69) is 27.0 Å². The fourth-order valence-electron chi connectivity index (χ4n) is 3.34. The summed E-state index contributed by atoms with van der Waals surface area (Å²) in [7, 11) is 1.49. The third-order valence-electron chi connectivity index (χ3n) is 5.13. The van der Waals surface area contributed by atoms with E-state index in [0.29, 0.717) is 22.1 Å². The van der Waals surface area contributed by atoms with Crippen LogP contribution in [0, 0.1) is 5.92 Å². The molecule has 0 radical (unpaired) electrons. The Morgan fingerprint density at radius 3 is 2.70 bits per heavy atom. The Morgan fingerprint density at radius 2 is 2.00 bits per heavy atom. The zero-order chi connectivity index (χ0) is 21.1. The van der Waals surface area contributed by atoms with E-state index in [1.807, 2.05) is 25.1 Å². The Morgan fingerprint density at radius 1 is 1.27 bits per heavy atom. The first-order valence-corrected chi connectivity index (χ1v) is 11.2. The quantitative estimate of drug-likeness (QED) is 0.420. The van der Waals surface area contributed by atoms with Crippen LogP contribution in [0.2, 0.25) is 5.02 Å². The fourth-order valence-corrected chi connectivity index (χ4v) is 4.52. The summed E-state index contributed by atoms with van der Waals surface area (Å²) in [6.45, 7) is 5.25. The normalized spacial score (nSPS) is 16.7. The molecule has 2 unspecified atom stereocenters. The smallest absolute Gasteiger partial charge is 0.179 e. The van der Waals surface area contributed by atoms with Gasteiger partial charge in [0.2, 0.25) is 0 Å². The molecule has 7 nitrogen and oxygen atoms in total. The monoisotopic (exact) mass is 448 g/mol. The number of imidazole rings is 1. The molecular weight excluding hydrogens is 424 g/mol. The van der Waals surface area contributed by atoms with Gasteiger partial charge in [0.25, 0.3) is 0 Å². The number of H-pyrrole nitrogens is 1. The molecule has 4 rings (SSSR count). The lowest BCUT2D eigenvalue weighted by atomic mass is 10.1. The lowest BCUT2D eigenvalue weighted by Crippen LogP contribution is -2.36. The summed E-state index contributed by atoms with van der Waals surface area (Å²) in [6.07, 6.45) is -0.790. The van der Waals surface area contributed by atoms with Crippen molar-refractivity contribution in [2.75, 3.05) is 44.1 Å². The van der Waals surface area contributed by atoms with Gasteiger partial charge >= 0.3 is 0 Å². The fraction of sp³-hybridized carbons (Fsp3) is 0.429. The second-order valence-corrected chi connectivity index (χ2v) is 8.71. The minimum atomic E-state index is -0.790. The van der Waals surface area contributed by atoms with Gasteiger partial charge in [-0.2, -0.15) is 0 Å². The molecule has 3 aromatic rings. The van der Waals surface area contributed by atoms with E-state index >= 15 is 0 Å². The minimum Gasteiger partial charge on any atom is -0.378 e. The molecular formula is C21H25ClN4O3S. The van der Waals surface area contributed by atoms with E-state index in [0.717, 1.165) is 42.5 Å². The number of nitrogens with zero attached hydrogens (tertiary/aromatic N) is 3. The number of benzene rings is 1. The van der Waals surface area contributed by atoms with Crippen molar-refractivity contribution < 1.29 is 14.6 Å². The number of aliphatic hydroxyl groups is 1. The van der Waals surface area contributed by atoms with Crippen LogP contribution in [0.5, 0.6) is 0 Å². The molecule has 3 heterocycles. The van der Waals surface area contributed by atoms with E-state index in [-0.39, 0.29) is 5.92 Å². The molecule has 1 aromatic carbocycles. The van der Waals surface area contributed by atoms with E-state index in [1.54, 1.807) is 0 Å². The molecule has 2 N–H and O–H groups in total. The third kappa shape index (κ3) is 4.73. The van der Waals surface area contributed by atoms with Crippen LogP contribution in [0.15, 0.2) is 35.5 Å². The average Bonchev–Trinajstić information content (AvgIpc) is 3.18. The third-order valence-corrected chi connectivity index (χ3v) is 6.58. The molecule has 160 valence electrons. The highest BCUT2D eigenvalue weighted by Gasteiger charge is 2.17. The van der Waals surface area contributed by atoms with E-state index in [9.17, 15) is 5.11 Å². The number of thioether (sulfide) groups is 1. The van der Waals surface area contributed by atoms with Crippen LogP contribution in [0.1, 0.15) is 6.92 Å². The van der Waals surface area contributed by atoms with Gasteiger partial charge < -0.3 is 24.5 Å². The Hall–Kier alpha value is -1.84. The first-order valence-electron chi connectivity index (χ1n) is 9.88. The Balaban J connectivity index is 1.52. The number of hydrogen-bond donors (Lipinski definition) is 2. The minimum absolute atomic E-state index is 0.0229. The van der Waals surface area contributed by atoms with Crippen molar-refractivity contribution in [2.45, 2.75) is 18.4 Å². The van der Waals surface area contributed by atoms with Gasteiger partial charge in [-0.25, -0.2) is 9.97 Å². The molecule has 2 aromatic heterocycles. The van der Waals surface area contributed by atoms with E-state index < -0.39 is 6.29 Å². The number of halogens is 1. The van der Waals surface area contributed by atoms with Crippen molar-refractivity contribution >= 4 is 40.2 Å². The van der Waals surface area contributed by atoms with E-state index in [4.69, 9.17) is 26.1 Å². The summed E-state index contributed by atoms with van der Waals surface area (Å²) in [5.41, 5.74) is 4.24. The van der Waals surface area contributed by atoms with Gasteiger partial charge in [0.1, 0.15) is 0 Å². The predicted molar refractivity (Wildman–Crippen MR) is 120 cm³/mol. The molecule has 0 bridgehead atoms. The summed E-state index contributed by atoms with van der Waals surface area (Å²) in [6, 6.07) is 10.1. The molecule has 0 saturated carbocycles. The van der Waals surface area contributed by atoms with Gasteiger partial charge in [-0.05, 0) is 18.2 Å². The van der Waals surface area contributed by atoms with Crippen LogP contribution in [0.3, 0.4) is 0 Å². The highest BCUT2D eigenvalue weighted by molar-refractivity contribution is 7.99. The second kappa shape index (κ2) is 9.53. The number of methoxy groups -OCH3 is 1. The van der Waals surface area contributed by atoms with Gasteiger partial charge in [-0.3, -0.25) is 0 Å². The van der Waals surface area contributed by atoms with Crippen molar-refractivity contribution in [3.05, 3.63) is 35.4 Å². The Kier molecular flexibility index (Phi) is 6.80. The molecule has 30 heavy (non-hydrogen) atoms. The summed E-state index contributed by atoms with van der Waals surface area (Å²) in [5, 5.41) is 11.1. The highest BCUT2D eigenvalue weighted by Crippen LogP contribution is 2.31. The molecule has 2 atom stereocenters. The Bertz CT molecular complexity index is 992. The zero-order valence-electron chi connectivity index (χ0n) is 17.0. The van der Waals surface area contributed by atoms with Crippen molar-refractivity contribution in [2.24, 2.45) is 5.92 Å². The van der Waals surface area contributed by atoms with Crippen LogP contribution in [-0.4, -0.2) is 65.5 Å². The lowest BCUT2D eigenvalue weighted by molar-refractivity contribution is -0.102. The van der Waals surface area contributed by atoms with Crippen molar-refractivity contribution in [1.29, 1.82) is 0 Å². The molecule has 0 aliphatic carbocycles. The first-order chi connectivity index (χ1) is 14.5. The van der Waals surface area contributed by atoms with Crippen molar-refractivity contribution in [3.63, 3.8) is 0 Å². The topological polar surface area (TPSA) is 83.5 Å². The van der Waals surface area contributed by atoms with Gasteiger partial charge in [-0.15, -0.1) is 0 Å². The number of pyridine rings is 1. The highest BCUT2D eigenvalue weighted by atomic mass is 35.5. The first kappa shape index (κ1) is 21.4.